The fourth-order valence-electron chi connectivity index (χ4n) is 1.31. The smallest absolute Gasteiger partial charge is 0.150 e. The van der Waals surface area contributed by atoms with Crippen LogP contribution in [0.4, 0.5) is 0 Å². The quantitative estimate of drug-likeness (QED) is 0.496. The van der Waals surface area contributed by atoms with Gasteiger partial charge in [-0.1, -0.05) is 19.4 Å². The second-order valence-electron chi connectivity index (χ2n) is 2.68. The molecule has 0 saturated carbocycles. The monoisotopic (exact) mass is 126 g/mol. The Morgan fingerprint density at radius 2 is 2.11 bits per heavy atom. The number of rotatable bonds is 0. The predicted octanol–water partition coefficient (Wildman–Crippen LogP) is 0.523. The second kappa shape index (κ2) is 1.42. The highest BCUT2D eigenvalue weighted by atomic mass is 16.7. The highest BCUT2D eigenvalue weighted by molar-refractivity contribution is 5.26. The van der Waals surface area contributed by atoms with Gasteiger partial charge in [0.05, 0.1) is 5.70 Å². The summed E-state index contributed by atoms with van der Waals surface area (Å²) >= 11 is 0. The third kappa shape index (κ3) is 0.452. The summed E-state index contributed by atoms with van der Waals surface area (Å²) in [5, 5.41) is 0. The molecule has 1 heterocycles. The van der Waals surface area contributed by atoms with Crippen molar-refractivity contribution in [1.82, 2.24) is 11.0 Å². The van der Waals surface area contributed by atoms with Gasteiger partial charge in [0.2, 0.25) is 0 Å². The van der Waals surface area contributed by atoms with Crippen molar-refractivity contribution in [1.29, 1.82) is 0 Å². The Labute approximate surface area is 54.0 Å². The van der Waals surface area contributed by atoms with Crippen molar-refractivity contribution in [2.24, 2.45) is 11.8 Å². The summed E-state index contributed by atoms with van der Waals surface area (Å²) in [6.07, 6.45) is 0. The molecule has 3 heteroatoms. The van der Waals surface area contributed by atoms with E-state index in [0.717, 1.165) is 5.76 Å². The number of nitrogens with one attached hydrogen (secondary N) is 2. The normalized spacial score (nSPS) is 38.9. The molecule has 0 aromatic heterocycles. The van der Waals surface area contributed by atoms with Crippen LogP contribution >= 0.6 is 0 Å². The Kier molecular flexibility index (Phi) is 0.805. The second-order valence-corrected chi connectivity index (χ2v) is 2.68. The van der Waals surface area contributed by atoms with Crippen molar-refractivity contribution in [3.05, 3.63) is 11.5 Å². The molecule has 0 aromatic carbocycles. The number of hydrogen-bond donors (Lipinski definition) is 2. The lowest BCUT2D eigenvalue weighted by molar-refractivity contribution is 0.0890. The molecular weight excluding hydrogens is 116 g/mol. The Bertz CT molecular complexity index is 158. The molecule has 2 N–H and O–H groups in total. The summed E-state index contributed by atoms with van der Waals surface area (Å²) in [4.78, 5) is 5.05. The SMILES string of the molecule is C[C@@H]1C2=C(ONN2)[C@@H]1C. The molecule has 2 aliphatic rings. The van der Waals surface area contributed by atoms with Gasteiger partial charge < -0.3 is 4.84 Å². The minimum Gasteiger partial charge on any atom is -0.391 e. The molecule has 2 rings (SSSR count). The largest absolute Gasteiger partial charge is 0.391 e. The van der Waals surface area contributed by atoms with E-state index in [9.17, 15) is 0 Å². The zero-order valence-electron chi connectivity index (χ0n) is 5.56. The van der Waals surface area contributed by atoms with Crippen LogP contribution in [0, 0.1) is 11.8 Å². The fraction of sp³-hybridized carbons (Fsp3) is 0.667. The maximum atomic E-state index is 5.05. The molecule has 0 amide bonds. The summed E-state index contributed by atoms with van der Waals surface area (Å²) in [5.74, 6) is 2.31. The van der Waals surface area contributed by atoms with Crippen LogP contribution in [0.5, 0.6) is 0 Å². The third-order valence-electron chi connectivity index (χ3n) is 2.23. The maximum Gasteiger partial charge on any atom is 0.150 e. The molecule has 1 aliphatic carbocycles. The van der Waals surface area contributed by atoms with E-state index in [0.29, 0.717) is 11.8 Å². The van der Waals surface area contributed by atoms with Gasteiger partial charge in [0, 0.05) is 11.8 Å². The van der Waals surface area contributed by atoms with E-state index in [4.69, 9.17) is 4.84 Å². The lowest BCUT2D eigenvalue weighted by Gasteiger charge is -2.28. The fourth-order valence-corrected chi connectivity index (χ4v) is 1.31. The highest BCUT2D eigenvalue weighted by Gasteiger charge is 2.39. The van der Waals surface area contributed by atoms with Crippen molar-refractivity contribution in [2.75, 3.05) is 0 Å². The first kappa shape index (κ1) is 5.11. The summed E-state index contributed by atoms with van der Waals surface area (Å²) in [5.41, 5.74) is 6.79. The van der Waals surface area contributed by atoms with Crippen molar-refractivity contribution in [3.63, 3.8) is 0 Å². The first-order chi connectivity index (χ1) is 4.30. The Morgan fingerprint density at radius 3 is 2.78 bits per heavy atom. The van der Waals surface area contributed by atoms with Gasteiger partial charge in [0.15, 0.2) is 5.76 Å². The van der Waals surface area contributed by atoms with Crippen LogP contribution in [-0.4, -0.2) is 0 Å². The van der Waals surface area contributed by atoms with E-state index in [1.54, 1.807) is 0 Å². The number of allylic oxidation sites excluding steroid dienone is 2. The van der Waals surface area contributed by atoms with Gasteiger partial charge in [-0.25, -0.2) is 0 Å². The molecule has 0 fully saturated rings. The molecule has 50 valence electrons. The average Bonchev–Trinajstić information content (AvgIpc) is 2.30. The van der Waals surface area contributed by atoms with E-state index in [2.05, 4.69) is 24.9 Å². The molecule has 2 atom stereocenters. The van der Waals surface area contributed by atoms with E-state index in [1.807, 2.05) is 0 Å². The van der Waals surface area contributed by atoms with Crippen LogP contribution in [0.3, 0.4) is 0 Å². The van der Waals surface area contributed by atoms with Crippen molar-refractivity contribution < 1.29 is 4.84 Å². The Balaban J connectivity index is 2.26. The van der Waals surface area contributed by atoms with Gasteiger partial charge >= 0.3 is 0 Å². The van der Waals surface area contributed by atoms with Gasteiger partial charge in [0.1, 0.15) is 0 Å². The van der Waals surface area contributed by atoms with Gasteiger partial charge in [-0.3, -0.25) is 5.43 Å². The van der Waals surface area contributed by atoms with Crippen LogP contribution in [0.15, 0.2) is 11.5 Å². The van der Waals surface area contributed by atoms with Crippen LogP contribution in [0.1, 0.15) is 13.8 Å². The van der Waals surface area contributed by atoms with E-state index in [-0.39, 0.29) is 0 Å². The van der Waals surface area contributed by atoms with Crippen molar-refractivity contribution in [3.8, 4) is 0 Å². The minimum atomic E-state index is 0.586. The molecule has 0 saturated heterocycles. The summed E-state index contributed by atoms with van der Waals surface area (Å²) in [7, 11) is 0. The standard InChI is InChI=1S/C6H10N2O/c1-3-4(2)6-5(3)7-8-9-6/h3-4,7-8H,1-2H3/t3-,4+/m0/s1. The van der Waals surface area contributed by atoms with Crippen molar-refractivity contribution >= 4 is 0 Å². The maximum absolute atomic E-state index is 5.05. The van der Waals surface area contributed by atoms with Gasteiger partial charge in [-0.05, 0) is 0 Å². The molecule has 0 bridgehead atoms. The Morgan fingerprint density at radius 1 is 1.33 bits per heavy atom. The van der Waals surface area contributed by atoms with Crippen LogP contribution in [0.2, 0.25) is 0 Å². The molecule has 9 heavy (non-hydrogen) atoms. The highest BCUT2D eigenvalue weighted by Crippen LogP contribution is 2.40. The third-order valence-corrected chi connectivity index (χ3v) is 2.23. The van der Waals surface area contributed by atoms with Crippen molar-refractivity contribution in [2.45, 2.75) is 13.8 Å². The predicted molar refractivity (Wildman–Crippen MR) is 32.7 cm³/mol. The van der Waals surface area contributed by atoms with Gasteiger partial charge in [0.25, 0.3) is 0 Å². The van der Waals surface area contributed by atoms with E-state index < -0.39 is 0 Å². The summed E-state index contributed by atoms with van der Waals surface area (Å²) in [6.45, 7) is 4.35. The molecule has 3 nitrogen and oxygen atoms in total. The first-order valence-corrected chi connectivity index (χ1v) is 3.22. The molecule has 0 radical (unpaired) electrons. The molecule has 0 unspecified atom stereocenters. The molecule has 0 aromatic rings. The first-order valence-electron chi connectivity index (χ1n) is 3.22. The summed E-state index contributed by atoms with van der Waals surface area (Å²) in [6, 6.07) is 0. The average molecular weight is 126 g/mol. The number of hydrogen-bond acceptors (Lipinski definition) is 3. The minimum absolute atomic E-state index is 0.586. The van der Waals surface area contributed by atoms with E-state index >= 15 is 0 Å². The lowest BCUT2D eigenvalue weighted by atomic mass is 9.80. The molecule has 1 aliphatic heterocycles. The zero-order valence-corrected chi connectivity index (χ0v) is 5.56. The molecule has 0 spiro atoms. The van der Waals surface area contributed by atoms with Crippen LogP contribution < -0.4 is 11.0 Å². The van der Waals surface area contributed by atoms with Crippen LogP contribution in [-0.2, 0) is 4.84 Å². The number of hydrazine groups is 1. The molecular formula is C6H10N2O. The van der Waals surface area contributed by atoms with Crippen LogP contribution in [0.25, 0.3) is 0 Å². The zero-order chi connectivity index (χ0) is 6.43. The lowest BCUT2D eigenvalue weighted by Crippen LogP contribution is -2.30. The summed E-state index contributed by atoms with van der Waals surface area (Å²) < 4.78 is 0. The van der Waals surface area contributed by atoms with Gasteiger partial charge in [-0.2, -0.15) is 0 Å². The van der Waals surface area contributed by atoms with E-state index in [1.165, 1.54) is 5.70 Å². The Hall–Kier alpha value is -0.700. The topological polar surface area (TPSA) is 33.3 Å². The van der Waals surface area contributed by atoms with Gasteiger partial charge in [-0.15, -0.1) is 0 Å².